The summed E-state index contributed by atoms with van der Waals surface area (Å²) in [6, 6.07) is 13.0. The van der Waals surface area contributed by atoms with Crippen LogP contribution >= 0.6 is 0 Å². The number of rotatable bonds is 0. The van der Waals surface area contributed by atoms with Gasteiger partial charge in [0.15, 0.2) is 0 Å². The second kappa shape index (κ2) is 3.41. The molecule has 2 aromatic carbocycles. The van der Waals surface area contributed by atoms with Gasteiger partial charge in [0.2, 0.25) is 0 Å². The number of furan rings is 1. The van der Waals surface area contributed by atoms with Crippen LogP contribution < -0.4 is 9.24 Å². The molecule has 0 amide bonds. The Morgan fingerprint density at radius 1 is 0.800 bits per heavy atom. The first kappa shape index (κ1) is 9.53. The summed E-state index contributed by atoms with van der Waals surface area (Å²) in [6.45, 7) is 0. The van der Waals surface area contributed by atoms with Crippen LogP contribution in [0.4, 0.5) is 0 Å². The van der Waals surface area contributed by atoms with Gasteiger partial charge in [-0.3, -0.25) is 0 Å². The van der Waals surface area contributed by atoms with Gasteiger partial charge in [-0.25, -0.2) is 0 Å². The maximum absolute atomic E-state index is 5.76. The Hall–Kier alpha value is -0.695. The molecule has 70 valence electrons. The maximum Gasteiger partial charge on any atom is 0.319 e. The van der Waals surface area contributed by atoms with Gasteiger partial charge in [0, 0.05) is 20.0 Å². The largest absolute Gasteiger partial charge is 0.505 e. The summed E-state index contributed by atoms with van der Waals surface area (Å²) in [6.07, 6.45) is 0. The summed E-state index contributed by atoms with van der Waals surface area (Å²) < 4.78 is 8.12. The van der Waals surface area contributed by atoms with Crippen LogP contribution in [0.3, 0.4) is 0 Å². The molecule has 0 fully saturated rings. The van der Waals surface area contributed by atoms with Gasteiger partial charge in [-0.1, -0.05) is 24.3 Å². The third-order valence-electron chi connectivity index (χ3n) is 2.95. The molecule has 1 heterocycles. The highest BCUT2D eigenvalue weighted by atomic mass is 27.1. The Kier molecular flexibility index (Phi) is 2.17. The topological polar surface area (TPSA) is 13.1 Å². The van der Waals surface area contributed by atoms with Gasteiger partial charge < -0.3 is 4.42 Å². The monoisotopic (exact) mass is 224 g/mol. The standard InChI is InChI=1S/C12H6O.2Al.4H/c1-2-4-10-6-12-8-13-7-11(12)5-9(10)3-1;;;;;;/h1-6H;;;;;;. The zero-order valence-electron chi connectivity index (χ0n) is 8.87. The average Bonchev–Trinajstić information content (AvgIpc) is 2.52. The fourth-order valence-electron chi connectivity index (χ4n) is 2.16. The third kappa shape index (κ3) is 1.44. The Morgan fingerprint density at radius 3 is 1.73 bits per heavy atom. The predicted octanol–water partition coefficient (Wildman–Crippen LogP) is 0.103. The first-order chi connectivity index (χ1) is 7.25. The lowest BCUT2D eigenvalue weighted by atomic mass is 10.1. The molecule has 0 saturated carbocycles. The molecule has 0 atom stereocenters. The zero-order valence-corrected chi connectivity index (χ0v) is 12.9. The Morgan fingerprint density at radius 2 is 1.27 bits per heavy atom. The van der Waals surface area contributed by atoms with Crippen molar-refractivity contribution in [3.05, 3.63) is 36.4 Å². The second-order valence-electron chi connectivity index (χ2n) is 3.96. The summed E-state index contributed by atoms with van der Waals surface area (Å²) in [7, 11) is 0. The van der Waals surface area contributed by atoms with Crippen LogP contribution in [0.15, 0.2) is 40.8 Å². The van der Waals surface area contributed by atoms with E-state index in [1.807, 2.05) is 0 Å². The van der Waals surface area contributed by atoms with Crippen molar-refractivity contribution in [3.8, 4) is 0 Å². The van der Waals surface area contributed by atoms with Gasteiger partial charge in [0.1, 0.15) is 0 Å². The van der Waals surface area contributed by atoms with E-state index in [1.54, 1.807) is 0 Å². The van der Waals surface area contributed by atoms with Crippen LogP contribution in [-0.4, -0.2) is 32.6 Å². The van der Waals surface area contributed by atoms with Crippen molar-refractivity contribution in [1.29, 1.82) is 0 Å². The number of fused-ring (bicyclic) bond motifs is 2. The summed E-state index contributed by atoms with van der Waals surface area (Å²) in [5.74, 6) is 0. The minimum absolute atomic E-state index is 0.989. The van der Waals surface area contributed by atoms with Crippen LogP contribution in [0.2, 0.25) is 0 Å². The van der Waals surface area contributed by atoms with Gasteiger partial charge in [-0.05, 0) is 22.9 Å². The Bertz CT molecular complexity index is 600. The second-order valence-corrected chi connectivity index (χ2v) is 5.78. The van der Waals surface area contributed by atoms with E-state index in [2.05, 4.69) is 36.4 Å². The van der Waals surface area contributed by atoms with Crippen molar-refractivity contribution >= 4 is 63.4 Å². The molecular formula is C12H10Al2O. The maximum atomic E-state index is 5.76. The van der Waals surface area contributed by atoms with Crippen molar-refractivity contribution in [3.63, 3.8) is 0 Å². The molecule has 15 heavy (non-hydrogen) atoms. The van der Waals surface area contributed by atoms with Crippen molar-refractivity contribution in [2.45, 2.75) is 0 Å². The zero-order chi connectivity index (χ0) is 10.4. The van der Waals surface area contributed by atoms with Gasteiger partial charge >= 0.3 is 32.6 Å². The van der Waals surface area contributed by atoms with Gasteiger partial charge in [-0.15, -0.1) is 0 Å². The highest BCUT2D eigenvalue weighted by Gasteiger charge is 2.06. The number of hydrogen-bond acceptors (Lipinski definition) is 1. The van der Waals surface area contributed by atoms with E-state index < -0.39 is 0 Å². The highest BCUT2D eigenvalue weighted by Crippen LogP contribution is 2.20. The highest BCUT2D eigenvalue weighted by molar-refractivity contribution is 6.44. The molecule has 0 aliphatic heterocycles. The summed E-state index contributed by atoms with van der Waals surface area (Å²) >= 11 is 1.98. The first-order valence-corrected chi connectivity index (χ1v) is 7.14. The molecule has 0 saturated heterocycles. The molecule has 1 aromatic heterocycles. The summed E-state index contributed by atoms with van der Waals surface area (Å²) in [5, 5.41) is 5.27. The lowest BCUT2D eigenvalue weighted by molar-refractivity contribution is 0.643. The van der Waals surface area contributed by atoms with Crippen LogP contribution in [0.25, 0.3) is 21.5 Å². The minimum atomic E-state index is 0.989. The predicted molar refractivity (Wildman–Crippen MR) is 70.1 cm³/mol. The molecule has 0 N–H and O–H groups in total. The van der Waals surface area contributed by atoms with Crippen LogP contribution in [0, 0.1) is 0 Å². The molecule has 1 nitrogen and oxygen atoms in total. The molecule has 0 aliphatic rings. The van der Waals surface area contributed by atoms with Crippen molar-refractivity contribution in [1.82, 2.24) is 0 Å². The fraction of sp³-hybridized carbons (Fsp3) is 0. The normalized spacial score (nSPS) is 11.2. The molecule has 0 spiro atoms. The van der Waals surface area contributed by atoms with E-state index in [0.717, 1.165) is 32.6 Å². The molecule has 0 radical (unpaired) electrons. The van der Waals surface area contributed by atoms with Gasteiger partial charge in [0.05, 0.1) is 0 Å². The smallest absolute Gasteiger partial charge is 0.319 e. The van der Waals surface area contributed by atoms with Gasteiger partial charge in [-0.2, -0.15) is 0 Å². The molecular weight excluding hydrogens is 214 g/mol. The van der Waals surface area contributed by atoms with Crippen LogP contribution in [-0.2, 0) is 0 Å². The van der Waals surface area contributed by atoms with Crippen molar-refractivity contribution in [2.24, 2.45) is 0 Å². The average molecular weight is 224 g/mol. The van der Waals surface area contributed by atoms with Gasteiger partial charge in [0.25, 0.3) is 0 Å². The lowest BCUT2D eigenvalue weighted by Gasteiger charge is -1.98. The molecule has 3 rings (SSSR count). The molecule has 0 aliphatic carbocycles. The number of hydrogen-bond donors (Lipinski definition) is 0. The Labute approximate surface area is 104 Å². The Balaban J connectivity index is 2.55. The molecule has 3 heteroatoms. The van der Waals surface area contributed by atoms with Crippen molar-refractivity contribution in [2.75, 3.05) is 0 Å². The third-order valence-corrected chi connectivity index (χ3v) is 4.44. The van der Waals surface area contributed by atoms with E-state index in [-0.39, 0.29) is 0 Å². The van der Waals surface area contributed by atoms with E-state index >= 15 is 0 Å². The molecule has 0 bridgehead atoms. The lowest BCUT2D eigenvalue weighted by Crippen LogP contribution is -2.01. The SMILES string of the molecule is [AlH2][c]1o[c]([AlH2])c2cc3ccccc3cc12. The molecule has 3 aromatic rings. The summed E-state index contributed by atoms with van der Waals surface area (Å²) in [4.78, 5) is 0. The van der Waals surface area contributed by atoms with E-state index in [0.29, 0.717) is 0 Å². The first-order valence-electron chi connectivity index (χ1n) is 5.14. The number of benzene rings is 2. The van der Waals surface area contributed by atoms with E-state index in [4.69, 9.17) is 4.42 Å². The minimum Gasteiger partial charge on any atom is -0.505 e. The van der Waals surface area contributed by atoms with E-state index in [1.165, 1.54) is 30.8 Å². The van der Waals surface area contributed by atoms with E-state index in [9.17, 15) is 0 Å². The fourth-order valence-corrected chi connectivity index (χ4v) is 4.01. The van der Waals surface area contributed by atoms with Crippen LogP contribution in [0.5, 0.6) is 0 Å². The summed E-state index contributed by atoms with van der Waals surface area (Å²) in [5.41, 5.74) is 0. The molecule has 0 unspecified atom stereocenters. The quantitative estimate of drug-likeness (QED) is 0.494. The van der Waals surface area contributed by atoms with Crippen LogP contribution in [0.1, 0.15) is 0 Å². The van der Waals surface area contributed by atoms with Crippen molar-refractivity contribution < 1.29 is 4.42 Å².